The molecular formula is C25H23ClN6O2. The molecule has 1 aliphatic heterocycles. The number of benzene rings is 2. The van der Waals surface area contributed by atoms with Crippen molar-refractivity contribution >= 4 is 40.4 Å². The lowest BCUT2D eigenvalue weighted by Gasteiger charge is -2.27. The summed E-state index contributed by atoms with van der Waals surface area (Å²) in [6, 6.07) is 11.4. The second-order valence-electron chi connectivity index (χ2n) is 8.47. The van der Waals surface area contributed by atoms with Crippen LogP contribution in [0.25, 0.3) is 22.7 Å². The number of halogens is 1. The van der Waals surface area contributed by atoms with Gasteiger partial charge in [0.05, 0.1) is 10.6 Å². The Morgan fingerprint density at radius 3 is 2.71 bits per heavy atom. The van der Waals surface area contributed by atoms with Crippen LogP contribution in [0.1, 0.15) is 33.6 Å². The van der Waals surface area contributed by atoms with Gasteiger partial charge in [-0.2, -0.15) is 0 Å². The summed E-state index contributed by atoms with van der Waals surface area (Å²) in [6.07, 6.45) is 7.87. The second-order valence-corrected chi connectivity index (χ2v) is 8.88. The van der Waals surface area contributed by atoms with E-state index in [1.165, 1.54) is 6.08 Å². The number of aryl methyl sites for hydroxylation is 1. The third kappa shape index (κ3) is 4.08. The van der Waals surface area contributed by atoms with Gasteiger partial charge in [-0.1, -0.05) is 23.2 Å². The van der Waals surface area contributed by atoms with Crippen molar-refractivity contribution in [2.24, 2.45) is 5.73 Å². The number of fused-ring (bicyclic) bond motifs is 3. The molecular weight excluding hydrogens is 452 g/mol. The minimum Gasteiger partial charge on any atom is -0.366 e. The van der Waals surface area contributed by atoms with Gasteiger partial charge in [-0.25, -0.2) is 0 Å². The van der Waals surface area contributed by atoms with Gasteiger partial charge in [0.15, 0.2) is 0 Å². The number of aromatic nitrogens is 4. The Morgan fingerprint density at radius 1 is 1.18 bits per heavy atom. The number of amides is 2. The smallest absolute Gasteiger partial charge is 0.253 e. The molecule has 172 valence electrons. The molecule has 0 fully saturated rings. The largest absolute Gasteiger partial charge is 0.366 e. The zero-order valence-electron chi connectivity index (χ0n) is 18.5. The lowest BCUT2D eigenvalue weighted by Crippen LogP contribution is -2.41. The van der Waals surface area contributed by atoms with E-state index in [9.17, 15) is 9.59 Å². The molecule has 0 saturated carbocycles. The van der Waals surface area contributed by atoms with Crippen molar-refractivity contribution < 1.29 is 9.59 Å². The fourth-order valence-corrected chi connectivity index (χ4v) is 4.82. The SMILES string of the molecule is Cc1ccc2c(c1)c(/C=C/C(N)=O)c1n2CC(NC(=O)c2ccc(-n3cnnc3)cc2Cl)CC1. The number of nitrogens with two attached hydrogens (primary N) is 1. The number of nitrogens with one attached hydrogen (secondary N) is 1. The summed E-state index contributed by atoms with van der Waals surface area (Å²) in [4.78, 5) is 24.4. The fraction of sp³-hybridized carbons (Fsp3) is 0.200. The van der Waals surface area contributed by atoms with E-state index < -0.39 is 5.91 Å². The maximum absolute atomic E-state index is 13.0. The van der Waals surface area contributed by atoms with E-state index in [-0.39, 0.29) is 11.9 Å². The summed E-state index contributed by atoms with van der Waals surface area (Å²) >= 11 is 6.43. The Kier molecular flexibility index (Phi) is 5.67. The zero-order chi connectivity index (χ0) is 23.8. The molecule has 2 amide bonds. The van der Waals surface area contributed by atoms with Crippen molar-refractivity contribution in [3.8, 4) is 5.69 Å². The van der Waals surface area contributed by atoms with E-state index in [0.717, 1.165) is 46.3 Å². The van der Waals surface area contributed by atoms with Crippen LogP contribution in [-0.2, 0) is 17.8 Å². The molecule has 0 bridgehead atoms. The highest BCUT2D eigenvalue weighted by Crippen LogP contribution is 2.33. The van der Waals surface area contributed by atoms with Crippen molar-refractivity contribution in [3.05, 3.63) is 82.5 Å². The molecule has 0 saturated heterocycles. The van der Waals surface area contributed by atoms with Crippen LogP contribution >= 0.6 is 11.6 Å². The molecule has 0 spiro atoms. The predicted molar refractivity (Wildman–Crippen MR) is 131 cm³/mol. The maximum atomic E-state index is 13.0. The van der Waals surface area contributed by atoms with E-state index in [0.29, 0.717) is 17.1 Å². The van der Waals surface area contributed by atoms with E-state index in [4.69, 9.17) is 17.3 Å². The van der Waals surface area contributed by atoms with Crippen LogP contribution in [-0.4, -0.2) is 37.2 Å². The van der Waals surface area contributed by atoms with Gasteiger partial charge < -0.3 is 15.6 Å². The van der Waals surface area contributed by atoms with Crippen molar-refractivity contribution in [2.45, 2.75) is 32.4 Å². The van der Waals surface area contributed by atoms with Gasteiger partial charge in [0.2, 0.25) is 5.91 Å². The second kappa shape index (κ2) is 8.79. The Morgan fingerprint density at radius 2 is 1.97 bits per heavy atom. The minimum absolute atomic E-state index is 0.0570. The first-order chi connectivity index (χ1) is 16.4. The molecule has 1 aliphatic rings. The first kappa shape index (κ1) is 21.9. The van der Waals surface area contributed by atoms with Crippen LogP contribution in [0, 0.1) is 6.92 Å². The van der Waals surface area contributed by atoms with Gasteiger partial charge >= 0.3 is 0 Å². The van der Waals surface area contributed by atoms with Crippen molar-refractivity contribution in [1.82, 2.24) is 24.6 Å². The molecule has 2 aromatic carbocycles. The molecule has 0 radical (unpaired) electrons. The summed E-state index contributed by atoms with van der Waals surface area (Å²) in [5.41, 5.74) is 10.9. The highest BCUT2D eigenvalue weighted by Gasteiger charge is 2.26. The van der Waals surface area contributed by atoms with E-state index in [2.05, 4.69) is 38.3 Å². The molecule has 0 aliphatic carbocycles. The molecule has 5 rings (SSSR count). The molecule has 3 heterocycles. The average Bonchev–Trinajstić information content (AvgIpc) is 3.44. The molecule has 1 unspecified atom stereocenters. The van der Waals surface area contributed by atoms with Gasteiger partial charge in [-0.05, 0) is 56.2 Å². The zero-order valence-corrected chi connectivity index (χ0v) is 19.3. The van der Waals surface area contributed by atoms with E-state index in [1.807, 2.05) is 13.0 Å². The summed E-state index contributed by atoms with van der Waals surface area (Å²) in [5, 5.41) is 12.2. The van der Waals surface area contributed by atoms with Crippen LogP contribution in [0.5, 0.6) is 0 Å². The Balaban J connectivity index is 1.40. The molecule has 34 heavy (non-hydrogen) atoms. The topological polar surface area (TPSA) is 108 Å². The normalized spacial score (nSPS) is 15.5. The molecule has 4 aromatic rings. The quantitative estimate of drug-likeness (QED) is 0.432. The highest BCUT2D eigenvalue weighted by molar-refractivity contribution is 6.34. The average molecular weight is 475 g/mol. The van der Waals surface area contributed by atoms with Crippen LogP contribution in [0.15, 0.2) is 55.1 Å². The highest BCUT2D eigenvalue weighted by atomic mass is 35.5. The summed E-state index contributed by atoms with van der Waals surface area (Å²) in [7, 11) is 0. The molecule has 3 N–H and O–H groups in total. The van der Waals surface area contributed by atoms with Gasteiger partial charge in [-0.3, -0.25) is 14.2 Å². The van der Waals surface area contributed by atoms with Crippen LogP contribution in [0.3, 0.4) is 0 Å². The van der Waals surface area contributed by atoms with E-state index in [1.54, 1.807) is 35.4 Å². The number of rotatable bonds is 5. The number of hydrogen-bond donors (Lipinski definition) is 2. The standard InChI is InChI=1S/C25H23ClN6O2/c1-15-2-7-23-20(10-15)18(6-9-24(27)33)22-8-3-16(12-32(22)23)30-25(34)19-5-4-17(11-21(19)26)31-13-28-29-14-31/h2,4-7,9-11,13-14,16H,3,8,12H2,1H3,(H2,27,33)(H,30,34)/b9-6+. The summed E-state index contributed by atoms with van der Waals surface area (Å²) in [6.45, 7) is 2.67. The Hall–Kier alpha value is -3.91. The summed E-state index contributed by atoms with van der Waals surface area (Å²) in [5.74, 6) is -0.691. The fourth-order valence-electron chi connectivity index (χ4n) is 4.56. The van der Waals surface area contributed by atoms with Crippen LogP contribution in [0.4, 0.5) is 0 Å². The number of nitrogens with zero attached hydrogens (tertiary/aromatic N) is 4. The molecule has 8 nitrogen and oxygen atoms in total. The van der Waals surface area contributed by atoms with Gasteiger partial charge in [0.1, 0.15) is 12.7 Å². The van der Waals surface area contributed by atoms with Crippen LogP contribution in [0.2, 0.25) is 5.02 Å². The van der Waals surface area contributed by atoms with Crippen LogP contribution < -0.4 is 11.1 Å². The third-order valence-corrected chi connectivity index (χ3v) is 6.48. The molecule has 1 atom stereocenters. The Bertz CT molecular complexity index is 1440. The summed E-state index contributed by atoms with van der Waals surface area (Å²) < 4.78 is 3.94. The Labute approximate surface area is 201 Å². The number of primary amides is 1. The molecule has 2 aromatic heterocycles. The lowest BCUT2D eigenvalue weighted by atomic mass is 10.0. The van der Waals surface area contributed by atoms with Gasteiger partial charge in [-0.15, -0.1) is 10.2 Å². The van der Waals surface area contributed by atoms with Crippen molar-refractivity contribution in [3.63, 3.8) is 0 Å². The number of carbonyl (C=O) groups is 2. The third-order valence-electron chi connectivity index (χ3n) is 6.17. The maximum Gasteiger partial charge on any atom is 0.253 e. The van der Waals surface area contributed by atoms with Gasteiger partial charge in [0, 0.05) is 46.5 Å². The van der Waals surface area contributed by atoms with Crippen molar-refractivity contribution in [1.29, 1.82) is 0 Å². The van der Waals surface area contributed by atoms with Gasteiger partial charge in [0.25, 0.3) is 5.91 Å². The number of carbonyl (C=O) groups excluding carboxylic acids is 2. The molecule has 9 heteroatoms. The predicted octanol–water partition coefficient (Wildman–Crippen LogP) is 3.43. The lowest BCUT2D eigenvalue weighted by molar-refractivity contribution is -0.113. The number of hydrogen-bond acceptors (Lipinski definition) is 4. The first-order valence-electron chi connectivity index (χ1n) is 11.0. The monoisotopic (exact) mass is 474 g/mol. The van der Waals surface area contributed by atoms with Crippen molar-refractivity contribution in [2.75, 3.05) is 0 Å². The minimum atomic E-state index is -0.478. The van der Waals surface area contributed by atoms with E-state index >= 15 is 0 Å². The first-order valence-corrected chi connectivity index (χ1v) is 11.3.